The van der Waals surface area contributed by atoms with Gasteiger partial charge >= 0.3 is 0 Å². The molecule has 0 fully saturated rings. The zero-order chi connectivity index (χ0) is 19.8. The minimum atomic E-state index is -0.0840. The fourth-order valence-electron chi connectivity index (χ4n) is 3.66. The maximum Gasteiger partial charge on any atom is 0.255 e. The number of rotatable bonds is 4. The Hall–Kier alpha value is -2.44. The normalized spacial score (nSPS) is 14.4. The van der Waals surface area contributed by atoms with Gasteiger partial charge < -0.3 is 9.40 Å². The molecule has 0 bridgehead atoms. The summed E-state index contributed by atoms with van der Waals surface area (Å²) in [4.78, 5) is 34.9. The smallest absolute Gasteiger partial charge is 0.255 e. The van der Waals surface area contributed by atoms with Crippen LogP contribution in [0.15, 0.2) is 32.4 Å². The quantitative estimate of drug-likeness (QED) is 0.727. The second-order valence-corrected chi connectivity index (χ2v) is 7.74. The van der Waals surface area contributed by atoms with E-state index >= 15 is 0 Å². The maximum absolute atomic E-state index is 12.9. The summed E-state index contributed by atoms with van der Waals surface area (Å²) in [5, 5.41) is 1.03. The summed E-state index contributed by atoms with van der Waals surface area (Å²) in [6.45, 7) is 5.56. The van der Waals surface area contributed by atoms with E-state index in [1.807, 2.05) is 6.92 Å². The van der Waals surface area contributed by atoms with Crippen molar-refractivity contribution in [2.24, 2.45) is 0 Å². The second kappa shape index (κ2) is 7.53. The molecule has 2 aromatic heterocycles. The van der Waals surface area contributed by atoms with Gasteiger partial charge in [-0.2, -0.15) is 0 Å². The molecule has 0 atom stereocenters. The zero-order valence-electron chi connectivity index (χ0n) is 16.0. The summed E-state index contributed by atoms with van der Waals surface area (Å²) in [6.07, 6.45) is 3.92. The highest BCUT2D eigenvalue weighted by atomic mass is 35.5. The lowest BCUT2D eigenvalue weighted by Crippen LogP contribution is -2.36. The highest BCUT2D eigenvalue weighted by Gasteiger charge is 2.22. The minimum absolute atomic E-state index is 0.0778. The van der Waals surface area contributed by atoms with Crippen molar-refractivity contribution in [1.82, 2.24) is 14.9 Å². The summed E-state index contributed by atoms with van der Waals surface area (Å²) >= 11 is 6.18. The van der Waals surface area contributed by atoms with Crippen molar-refractivity contribution in [3.05, 3.63) is 72.2 Å². The predicted molar refractivity (Wildman–Crippen MR) is 109 cm³/mol. The molecule has 0 amide bonds. The average Bonchev–Trinajstić information content (AvgIpc) is 2.66. The van der Waals surface area contributed by atoms with E-state index in [2.05, 4.69) is 21.8 Å². The lowest BCUT2D eigenvalue weighted by molar-refractivity contribution is 0.239. The molecule has 3 aromatic rings. The Balaban J connectivity index is 1.61. The predicted octanol–water partition coefficient (Wildman–Crippen LogP) is 3.35. The fraction of sp³-hybridized carbons (Fsp3) is 0.381. The first kappa shape index (κ1) is 18.9. The molecular formula is C21H22ClN3O3. The number of aryl methyl sites for hydroxylation is 2. The van der Waals surface area contributed by atoms with Crippen LogP contribution in [-0.2, 0) is 25.9 Å². The third kappa shape index (κ3) is 3.50. The largest absolute Gasteiger partial charge is 0.464 e. The van der Waals surface area contributed by atoms with Crippen molar-refractivity contribution in [2.45, 2.75) is 46.2 Å². The van der Waals surface area contributed by atoms with Crippen LogP contribution in [0.25, 0.3) is 11.0 Å². The average molecular weight is 400 g/mol. The van der Waals surface area contributed by atoms with Crippen LogP contribution in [0.2, 0.25) is 5.02 Å². The summed E-state index contributed by atoms with van der Waals surface area (Å²) in [7, 11) is 0. The molecule has 1 N–H and O–H groups in total. The molecule has 0 saturated carbocycles. The van der Waals surface area contributed by atoms with Gasteiger partial charge in [0.2, 0.25) is 0 Å². The van der Waals surface area contributed by atoms with E-state index < -0.39 is 0 Å². The topological polar surface area (TPSA) is 79.2 Å². The summed E-state index contributed by atoms with van der Waals surface area (Å²) in [5.74, 6) is 0.752. The van der Waals surface area contributed by atoms with E-state index in [1.165, 1.54) is 6.26 Å². The number of aromatic nitrogens is 2. The maximum atomic E-state index is 12.9. The molecule has 6 nitrogen and oxygen atoms in total. The minimum Gasteiger partial charge on any atom is -0.464 e. The Morgan fingerprint density at radius 1 is 1.32 bits per heavy atom. The van der Waals surface area contributed by atoms with Crippen molar-refractivity contribution >= 4 is 22.6 Å². The van der Waals surface area contributed by atoms with Gasteiger partial charge in [-0.3, -0.25) is 14.5 Å². The Labute approximate surface area is 167 Å². The van der Waals surface area contributed by atoms with Crippen LogP contribution in [0.1, 0.15) is 41.6 Å². The Morgan fingerprint density at radius 2 is 2.14 bits per heavy atom. The number of H-pyrrole nitrogens is 1. The van der Waals surface area contributed by atoms with E-state index in [4.69, 9.17) is 16.0 Å². The van der Waals surface area contributed by atoms with Gasteiger partial charge in [0.25, 0.3) is 5.56 Å². The van der Waals surface area contributed by atoms with Crippen molar-refractivity contribution in [3.8, 4) is 0 Å². The number of nitrogens with one attached hydrogen (secondary N) is 1. The van der Waals surface area contributed by atoms with Gasteiger partial charge in [-0.25, -0.2) is 4.98 Å². The highest BCUT2D eigenvalue weighted by molar-refractivity contribution is 6.32. The number of nitrogens with zero attached hydrogens (tertiary/aromatic N) is 2. The van der Waals surface area contributed by atoms with Gasteiger partial charge in [-0.05, 0) is 31.0 Å². The van der Waals surface area contributed by atoms with E-state index in [1.54, 1.807) is 12.1 Å². The van der Waals surface area contributed by atoms with Crippen LogP contribution in [0.3, 0.4) is 0 Å². The van der Waals surface area contributed by atoms with Crippen LogP contribution in [0, 0.1) is 6.92 Å². The van der Waals surface area contributed by atoms with E-state index in [0.717, 1.165) is 36.5 Å². The summed E-state index contributed by atoms with van der Waals surface area (Å²) in [5.41, 5.74) is 3.36. The highest BCUT2D eigenvalue weighted by Crippen LogP contribution is 2.23. The number of benzene rings is 1. The van der Waals surface area contributed by atoms with Gasteiger partial charge in [0, 0.05) is 43.1 Å². The first-order valence-corrected chi connectivity index (χ1v) is 9.88. The molecule has 1 aromatic carbocycles. The van der Waals surface area contributed by atoms with Crippen molar-refractivity contribution in [1.29, 1.82) is 0 Å². The van der Waals surface area contributed by atoms with Crippen LogP contribution < -0.4 is 11.0 Å². The van der Waals surface area contributed by atoms with Crippen molar-refractivity contribution < 1.29 is 4.42 Å². The summed E-state index contributed by atoms with van der Waals surface area (Å²) < 4.78 is 5.67. The van der Waals surface area contributed by atoms with Gasteiger partial charge in [0.1, 0.15) is 11.4 Å². The Morgan fingerprint density at radius 3 is 2.93 bits per heavy atom. The van der Waals surface area contributed by atoms with Gasteiger partial charge in [-0.15, -0.1) is 0 Å². The molecule has 0 saturated heterocycles. The van der Waals surface area contributed by atoms with Gasteiger partial charge in [0.05, 0.1) is 22.9 Å². The third-order valence-electron chi connectivity index (χ3n) is 5.20. The molecule has 28 heavy (non-hydrogen) atoms. The molecule has 4 rings (SSSR count). The molecule has 1 aliphatic rings. The van der Waals surface area contributed by atoms with E-state index in [-0.39, 0.29) is 11.0 Å². The standard InChI is InChI=1S/C21H22ClN3O3/c1-3-4-19-23-17-5-6-25(10-15(17)21(27)24-19)9-13-11-28-18-7-12(2)16(22)8-14(18)20(13)26/h7-8,11H,3-6,9-10H2,1-2H3,(H,23,24,27). The van der Waals surface area contributed by atoms with Crippen LogP contribution >= 0.6 is 11.6 Å². The zero-order valence-corrected chi connectivity index (χ0v) is 16.7. The number of aromatic amines is 1. The molecule has 0 aliphatic carbocycles. The van der Waals surface area contributed by atoms with E-state index in [0.29, 0.717) is 46.6 Å². The SMILES string of the molecule is CCCc1nc2c(c(=O)[nH]1)CN(Cc1coc3cc(C)c(Cl)cc3c1=O)CC2. The first-order chi connectivity index (χ1) is 13.5. The number of hydrogen-bond donors (Lipinski definition) is 1. The molecule has 146 valence electrons. The summed E-state index contributed by atoms with van der Waals surface area (Å²) in [6, 6.07) is 3.44. The monoisotopic (exact) mass is 399 g/mol. The van der Waals surface area contributed by atoms with Crippen LogP contribution in [0.5, 0.6) is 0 Å². The molecule has 1 aliphatic heterocycles. The van der Waals surface area contributed by atoms with E-state index in [9.17, 15) is 9.59 Å². The van der Waals surface area contributed by atoms with Crippen molar-refractivity contribution in [2.75, 3.05) is 6.54 Å². The number of fused-ring (bicyclic) bond motifs is 2. The van der Waals surface area contributed by atoms with Crippen LogP contribution in [-0.4, -0.2) is 21.4 Å². The Kier molecular flexibility index (Phi) is 5.08. The fourth-order valence-corrected chi connectivity index (χ4v) is 3.83. The molecule has 7 heteroatoms. The number of halogens is 1. The van der Waals surface area contributed by atoms with Gasteiger partial charge in [-0.1, -0.05) is 18.5 Å². The lowest BCUT2D eigenvalue weighted by atomic mass is 10.1. The molecular weight excluding hydrogens is 378 g/mol. The number of hydrogen-bond acceptors (Lipinski definition) is 5. The second-order valence-electron chi connectivity index (χ2n) is 7.34. The van der Waals surface area contributed by atoms with Gasteiger partial charge in [0.15, 0.2) is 5.43 Å². The third-order valence-corrected chi connectivity index (χ3v) is 5.61. The molecule has 3 heterocycles. The first-order valence-electron chi connectivity index (χ1n) is 9.50. The molecule has 0 radical (unpaired) electrons. The lowest BCUT2D eigenvalue weighted by Gasteiger charge is -2.27. The molecule has 0 unspecified atom stereocenters. The molecule has 0 spiro atoms. The Bertz CT molecular complexity index is 1170. The van der Waals surface area contributed by atoms with Crippen molar-refractivity contribution in [3.63, 3.8) is 0 Å². The van der Waals surface area contributed by atoms with Crippen LogP contribution in [0.4, 0.5) is 0 Å².